The number of piperidine rings is 1. The van der Waals surface area contributed by atoms with Crippen LogP contribution in [0.2, 0.25) is 0 Å². The van der Waals surface area contributed by atoms with Gasteiger partial charge in [0.05, 0.1) is 0 Å². The maximum Gasteiger partial charge on any atom is 0.200 e. The molecule has 1 saturated heterocycles. The molecule has 3 aromatic carbocycles. The van der Waals surface area contributed by atoms with Crippen molar-refractivity contribution in [1.82, 2.24) is 4.81 Å². The van der Waals surface area contributed by atoms with Gasteiger partial charge in [0.1, 0.15) is 34.9 Å². The SMILES string of the molecule is C[C@@H]1CCC[C@H](C)N1[B-](c1c(F)c(F)c(F)c(F)c1F)(c1c(F)c(F)c(F)c(F)c1F)c1c(F)c(F)c(F)c(F)c1F. The van der Waals surface area contributed by atoms with E-state index in [-0.39, 0.29) is 24.1 Å². The van der Waals surface area contributed by atoms with E-state index in [2.05, 4.69) is 0 Å². The van der Waals surface area contributed by atoms with Crippen LogP contribution in [0.25, 0.3) is 0 Å². The summed E-state index contributed by atoms with van der Waals surface area (Å²) in [4.78, 5) is 0.262. The average Bonchev–Trinajstić information content (AvgIpc) is 2.94. The van der Waals surface area contributed by atoms with Crippen LogP contribution in [-0.4, -0.2) is 23.2 Å². The molecule has 1 aliphatic heterocycles. The van der Waals surface area contributed by atoms with Gasteiger partial charge in [0, 0.05) is 0 Å². The lowest BCUT2D eigenvalue weighted by Crippen LogP contribution is -2.84. The number of hydrogen-bond donors (Lipinski definition) is 0. The summed E-state index contributed by atoms with van der Waals surface area (Å²) in [5.41, 5.74) is -7.80. The molecule has 17 heteroatoms. The molecule has 228 valence electrons. The molecule has 1 fully saturated rings. The highest BCUT2D eigenvalue weighted by Crippen LogP contribution is 2.35. The van der Waals surface area contributed by atoms with Crippen molar-refractivity contribution in [3.63, 3.8) is 0 Å². The number of hydrogen-bond acceptors (Lipinski definition) is 1. The standard InChI is InChI=1S/C25H14BF15N/c1-6-4-3-5-7(2)42(6)26(8-11(27)17(33)23(39)18(34)12(8)28,9-13(29)19(35)24(40)20(36)14(9)30)10-15(31)21(37)25(41)22(38)16(10)32/h6-7H,3-5H2,1-2H3/q-1/t6-,7+. The van der Waals surface area contributed by atoms with Crippen LogP contribution in [0.5, 0.6) is 0 Å². The molecule has 4 rings (SSSR count). The summed E-state index contributed by atoms with van der Waals surface area (Å²) in [5, 5.41) is 0. The van der Waals surface area contributed by atoms with Gasteiger partial charge in [-0.15, -0.1) is 16.4 Å². The van der Waals surface area contributed by atoms with Crippen molar-refractivity contribution in [1.29, 1.82) is 0 Å². The lowest BCUT2D eigenvalue weighted by atomic mass is 9.21. The van der Waals surface area contributed by atoms with E-state index in [1.54, 1.807) is 0 Å². The van der Waals surface area contributed by atoms with Crippen LogP contribution in [-0.2, 0) is 0 Å². The zero-order chi connectivity index (χ0) is 31.7. The molecule has 0 bridgehead atoms. The Labute approximate surface area is 226 Å². The topological polar surface area (TPSA) is 3.24 Å². The summed E-state index contributed by atoms with van der Waals surface area (Å²) in [6.45, 7) is 2.02. The summed E-state index contributed by atoms with van der Waals surface area (Å²) in [6, 6.07) is -3.07. The highest BCUT2D eigenvalue weighted by molar-refractivity contribution is 7.09. The van der Waals surface area contributed by atoms with Crippen LogP contribution in [0.15, 0.2) is 0 Å². The summed E-state index contributed by atoms with van der Waals surface area (Å²) >= 11 is 0. The van der Waals surface area contributed by atoms with E-state index in [1.165, 1.54) is 0 Å². The molecule has 0 spiro atoms. The van der Waals surface area contributed by atoms with Gasteiger partial charge < -0.3 is 4.81 Å². The maximum absolute atomic E-state index is 15.6. The molecule has 0 unspecified atom stereocenters. The second kappa shape index (κ2) is 10.7. The monoisotopic (exact) mass is 624 g/mol. The van der Waals surface area contributed by atoms with Gasteiger partial charge in [0.2, 0.25) is 0 Å². The van der Waals surface area contributed by atoms with E-state index < -0.39 is 122 Å². The molecule has 0 aliphatic carbocycles. The van der Waals surface area contributed by atoms with E-state index in [0.717, 1.165) is 13.8 Å². The third-order valence-electron chi connectivity index (χ3n) is 7.69. The minimum atomic E-state index is -5.69. The van der Waals surface area contributed by atoms with Gasteiger partial charge >= 0.3 is 0 Å². The van der Waals surface area contributed by atoms with Crippen LogP contribution in [0.4, 0.5) is 65.9 Å². The van der Waals surface area contributed by atoms with E-state index in [4.69, 9.17) is 0 Å². The van der Waals surface area contributed by atoms with Gasteiger partial charge in [-0.25, -0.2) is 65.9 Å². The predicted octanol–water partition coefficient (Wildman–Crippen LogP) is 6.00. The van der Waals surface area contributed by atoms with Crippen LogP contribution in [0.1, 0.15) is 33.1 Å². The molecule has 0 radical (unpaired) electrons. The number of nitrogens with zero attached hydrogens (tertiary/aromatic N) is 1. The molecule has 0 N–H and O–H groups in total. The lowest BCUT2D eigenvalue weighted by molar-refractivity contribution is 0.198. The van der Waals surface area contributed by atoms with Crippen molar-refractivity contribution in [3.8, 4) is 0 Å². The molecule has 0 saturated carbocycles. The summed E-state index contributed by atoms with van der Waals surface area (Å²) < 4.78 is 224. The molecule has 0 aromatic heterocycles. The Hall–Kier alpha value is -3.37. The highest BCUT2D eigenvalue weighted by Gasteiger charge is 2.53. The Morgan fingerprint density at radius 1 is 0.381 bits per heavy atom. The second-order valence-electron chi connectivity index (χ2n) is 9.85. The van der Waals surface area contributed by atoms with Gasteiger partial charge in [0.15, 0.2) is 58.6 Å². The zero-order valence-corrected chi connectivity index (χ0v) is 21.0. The average molecular weight is 624 g/mol. The fraction of sp³-hybridized carbons (Fsp3) is 0.280. The van der Waals surface area contributed by atoms with E-state index in [0.29, 0.717) is 0 Å². The van der Waals surface area contributed by atoms with Crippen molar-refractivity contribution in [2.75, 3.05) is 0 Å². The summed E-state index contributed by atoms with van der Waals surface area (Å²) in [7, 11) is 0. The van der Waals surface area contributed by atoms with Crippen molar-refractivity contribution in [2.24, 2.45) is 0 Å². The number of rotatable bonds is 4. The zero-order valence-electron chi connectivity index (χ0n) is 21.0. The largest absolute Gasteiger partial charge is 0.458 e. The van der Waals surface area contributed by atoms with Gasteiger partial charge in [-0.2, -0.15) is 0 Å². The first-order valence-electron chi connectivity index (χ1n) is 11.9. The van der Waals surface area contributed by atoms with Crippen LogP contribution < -0.4 is 16.4 Å². The van der Waals surface area contributed by atoms with Gasteiger partial charge in [0.25, 0.3) is 0 Å². The van der Waals surface area contributed by atoms with Crippen molar-refractivity contribution >= 4 is 22.7 Å². The van der Waals surface area contributed by atoms with E-state index >= 15 is 26.3 Å². The molecular weight excluding hydrogens is 610 g/mol. The number of halogens is 15. The lowest BCUT2D eigenvalue weighted by Gasteiger charge is -2.60. The highest BCUT2D eigenvalue weighted by atomic mass is 19.2. The van der Waals surface area contributed by atoms with Crippen LogP contribution >= 0.6 is 0 Å². The molecule has 1 heterocycles. The first-order valence-corrected chi connectivity index (χ1v) is 11.9. The van der Waals surface area contributed by atoms with Gasteiger partial charge in [-0.3, -0.25) is 0 Å². The number of benzene rings is 3. The second-order valence-corrected chi connectivity index (χ2v) is 9.85. The van der Waals surface area contributed by atoms with Crippen molar-refractivity contribution < 1.29 is 65.9 Å². The minimum Gasteiger partial charge on any atom is -0.458 e. The first-order chi connectivity index (χ1) is 19.5. The molecule has 0 amide bonds. The van der Waals surface area contributed by atoms with Gasteiger partial charge in [-0.05, 0) is 24.9 Å². The third kappa shape index (κ3) is 4.09. The summed E-state index contributed by atoms with van der Waals surface area (Å²) in [5.74, 6) is -44.8. The maximum atomic E-state index is 15.6. The third-order valence-corrected chi connectivity index (χ3v) is 7.69. The minimum absolute atomic E-state index is 0.121. The fourth-order valence-electron chi connectivity index (χ4n) is 6.05. The molecule has 1 nitrogen and oxygen atoms in total. The Balaban J connectivity index is 2.53. The Bertz CT molecular complexity index is 1360. The van der Waals surface area contributed by atoms with Crippen LogP contribution in [0, 0.1) is 87.3 Å². The smallest absolute Gasteiger partial charge is 0.200 e. The fourth-order valence-corrected chi connectivity index (χ4v) is 6.05. The normalized spacial score (nSPS) is 18.2. The molecular formula is C25H14BF15N-. The quantitative estimate of drug-likeness (QED) is 0.149. The molecule has 1 aliphatic rings. The Morgan fingerprint density at radius 3 is 0.786 bits per heavy atom. The summed E-state index contributed by atoms with van der Waals surface area (Å²) in [6.07, 6.45) is -6.11. The van der Waals surface area contributed by atoms with Gasteiger partial charge in [-0.1, -0.05) is 20.3 Å². The van der Waals surface area contributed by atoms with E-state index in [9.17, 15) is 39.5 Å². The van der Waals surface area contributed by atoms with E-state index in [1.807, 2.05) is 0 Å². The van der Waals surface area contributed by atoms with Crippen LogP contribution in [0.3, 0.4) is 0 Å². The Kier molecular flexibility index (Phi) is 8.06. The molecule has 3 aromatic rings. The van der Waals surface area contributed by atoms with Crippen molar-refractivity contribution in [2.45, 2.75) is 45.2 Å². The molecule has 42 heavy (non-hydrogen) atoms. The van der Waals surface area contributed by atoms with Crippen molar-refractivity contribution in [3.05, 3.63) is 87.3 Å². The molecule has 2 atom stereocenters. The predicted molar refractivity (Wildman–Crippen MR) is 118 cm³/mol. The Morgan fingerprint density at radius 2 is 0.571 bits per heavy atom. The first kappa shape index (κ1) is 31.6.